The maximum Gasteiger partial charge on any atom is 0.226 e. The molecule has 0 amide bonds. The Morgan fingerprint density at radius 3 is 2.74 bits per heavy atom. The topological polar surface area (TPSA) is 96.1 Å². The van der Waals surface area contributed by atoms with Gasteiger partial charge >= 0.3 is 0 Å². The van der Waals surface area contributed by atoms with E-state index in [9.17, 15) is 5.11 Å². The summed E-state index contributed by atoms with van der Waals surface area (Å²) >= 11 is 6.68. The molecule has 0 bridgehead atoms. The van der Waals surface area contributed by atoms with Crippen LogP contribution < -0.4 is 10.6 Å². The fourth-order valence-corrected chi connectivity index (χ4v) is 4.53. The Bertz CT molecular complexity index is 1080. The van der Waals surface area contributed by atoms with Gasteiger partial charge in [-0.25, -0.2) is 4.98 Å². The van der Waals surface area contributed by atoms with Gasteiger partial charge in [-0.2, -0.15) is 4.98 Å². The third-order valence-corrected chi connectivity index (χ3v) is 6.59. The summed E-state index contributed by atoms with van der Waals surface area (Å²) in [5.74, 6) is 2.86. The number of anilines is 2. The van der Waals surface area contributed by atoms with Gasteiger partial charge in [0, 0.05) is 30.3 Å². The number of aromatic nitrogens is 3. The molecule has 2 atom stereocenters. The predicted molar refractivity (Wildman–Crippen MR) is 122 cm³/mol. The molecule has 2 aliphatic rings. The number of aliphatic hydroxyl groups is 1. The normalized spacial score (nSPS) is 21.0. The lowest BCUT2D eigenvalue weighted by molar-refractivity contribution is 0.229. The zero-order valence-electron chi connectivity index (χ0n) is 17.7. The van der Waals surface area contributed by atoms with Crippen molar-refractivity contribution in [2.45, 2.75) is 51.5 Å². The van der Waals surface area contributed by atoms with Gasteiger partial charge in [0.15, 0.2) is 5.58 Å². The van der Waals surface area contributed by atoms with Crippen LogP contribution >= 0.6 is 11.6 Å². The van der Waals surface area contributed by atoms with Crippen LogP contribution in [0.3, 0.4) is 0 Å². The second kappa shape index (κ2) is 8.63. The molecule has 5 rings (SSSR count). The van der Waals surface area contributed by atoms with E-state index in [1.807, 2.05) is 12.1 Å². The summed E-state index contributed by atoms with van der Waals surface area (Å²) in [6.45, 7) is 3.16. The first-order chi connectivity index (χ1) is 15.1. The van der Waals surface area contributed by atoms with E-state index in [1.165, 1.54) is 12.8 Å². The van der Waals surface area contributed by atoms with Crippen molar-refractivity contribution >= 4 is 34.3 Å². The van der Waals surface area contributed by atoms with Gasteiger partial charge in [0.2, 0.25) is 5.95 Å². The van der Waals surface area contributed by atoms with Gasteiger partial charge in [-0.15, -0.1) is 0 Å². The van der Waals surface area contributed by atoms with E-state index in [0.29, 0.717) is 45.7 Å². The average Bonchev–Trinajstić information content (AvgIpc) is 3.33. The molecule has 0 unspecified atom stereocenters. The first-order valence-corrected chi connectivity index (χ1v) is 11.6. The van der Waals surface area contributed by atoms with Crippen molar-refractivity contribution < 1.29 is 9.52 Å². The molecular weight excluding hydrogens is 414 g/mol. The lowest BCUT2D eigenvalue weighted by Crippen LogP contribution is -2.19. The third kappa shape index (κ3) is 4.48. The number of furan rings is 1. The lowest BCUT2D eigenvalue weighted by Gasteiger charge is -2.18. The molecule has 3 heterocycles. The second-order valence-corrected chi connectivity index (χ2v) is 9.12. The highest BCUT2D eigenvalue weighted by Crippen LogP contribution is 2.39. The number of nitrogens with zero attached hydrogens (tertiary/aromatic N) is 3. The minimum absolute atomic E-state index is 0.222. The van der Waals surface area contributed by atoms with Gasteiger partial charge < -0.3 is 20.2 Å². The zero-order valence-corrected chi connectivity index (χ0v) is 18.5. The van der Waals surface area contributed by atoms with Crippen LogP contribution in [-0.2, 0) is 6.42 Å². The van der Waals surface area contributed by atoms with Crippen LogP contribution in [0.15, 0.2) is 22.7 Å². The summed E-state index contributed by atoms with van der Waals surface area (Å²) in [6, 6.07) is 4.25. The van der Waals surface area contributed by atoms with E-state index in [1.54, 1.807) is 6.20 Å². The summed E-state index contributed by atoms with van der Waals surface area (Å²) in [6.07, 6.45) is 8.03. The number of nitrogens with one attached hydrogen (secondary N) is 2. The molecule has 8 heteroatoms. The van der Waals surface area contributed by atoms with Crippen molar-refractivity contribution in [2.24, 2.45) is 11.8 Å². The highest BCUT2D eigenvalue weighted by molar-refractivity contribution is 6.32. The quantitative estimate of drug-likeness (QED) is 0.428. The molecule has 3 aromatic heterocycles. The SMILES string of the molecule is CCc1cc2cc(-c3c(Cl)nc(NCC4CC4)nc3N[C@H]3CC[C@@H](CO)C3)oc2cn1. The Labute approximate surface area is 186 Å². The van der Waals surface area contributed by atoms with Crippen molar-refractivity contribution in [2.75, 3.05) is 23.8 Å². The van der Waals surface area contributed by atoms with Gasteiger partial charge in [-0.3, -0.25) is 4.98 Å². The highest BCUT2D eigenvalue weighted by Gasteiger charge is 2.27. The third-order valence-electron chi connectivity index (χ3n) is 6.32. The van der Waals surface area contributed by atoms with Gasteiger partial charge in [-0.05, 0) is 62.5 Å². The molecule has 31 heavy (non-hydrogen) atoms. The van der Waals surface area contributed by atoms with E-state index >= 15 is 0 Å². The predicted octanol–water partition coefficient (Wildman–Crippen LogP) is 4.90. The highest BCUT2D eigenvalue weighted by atomic mass is 35.5. The second-order valence-electron chi connectivity index (χ2n) is 8.77. The van der Waals surface area contributed by atoms with Crippen molar-refractivity contribution in [1.82, 2.24) is 15.0 Å². The number of pyridine rings is 1. The van der Waals surface area contributed by atoms with E-state index in [4.69, 9.17) is 21.0 Å². The van der Waals surface area contributed by atoms with E-state index in [0.717, 1.165) is 43.3 Å². The van der Waals surface area contributed by atoms with Crippen LogP contribution in [0, 0.1) is 11.8 Å². The van der Waals surface area contributed by atoms with Gasteiger partial charge in [0.1, 0.15) is 16.7 Å². The molecule has 0 aromatic carbocycles. The number of halogens is 1. The van der Waals surface area contributed by atoms with Crippen LogP contribution in [0.5, 0.6) is 0 Å². The first kappa shape index (κ1) is 20.5. The van der Waals surface area contributed by atoms with E-state index in [-0.39, 0.29) is 12.6 Å². The van der Waals surface area contributed by atoms with Crippen molar-refractivity contribution in [1.29, 1.82) is 0 Å². The molecule has 2 saturated carbocycles. The summed E-state index contributed by atoms with van der Waals surface area (Å²) in [5, 5.41) is 17.7. The Hall–Kier alpha value is -2.38. The minimum Gasteiger partial charge on any atom is -0.454 e. The molecule has 0 spiro atoms. The summed E-state index contributed by atoms with van der Waals surface area (Å²) in [7, 11) is 0. The monoisotopic (exact) mass is 441 g/mol. The summed E-state index contributed by atoms with van der Waals surface area (Å²) in [4.78, 5) is 13.7. The number of hydrogen-bond acceptors (Lipinski definition) is 7. The van der Waals surface area contributed by atoms with E-state index in [2.05, 4.69) is 27.5 Å². The molecular formula is C23H28ClN5O2. The van der Waals surface area contributed by atoms with Crippen molar-refractivity contribution in [3.05, 3.63) is 29.2 Å². The Morgan fingerprint density at radius 1 is 1.16 bits per heavy atom. The lowest BCUT2D eigenvalue weighted by atomic mass is 10.1. The fraction of sp³-hybridized carbons (Fsp3) is 0.522. The van der Waals surface area contributed by atoms with Gasteiger partial charge in [0.25, 0.3) is 0 Å². The van der Waals surface area contributed by atoms with Crippen LogP contribution in [-0.4, -0.2) is 39.3 Å². The maximum absolute atomic E-state index is 9.52. The number of aliphatic hydroxyl groups excluding tert-OH is 1. The Balaban J connectivity index is 1.51. The van der Waals surface area contributed by atoms with Crippen LogP contribution in [0.2, 0.25) is 5.15 Å². The summed E-state index contributed by atoms with van der Waals surface area (Å²) in [5.41, 5.74) is 2.40. The Kier molecular flexibility index (Phi) is 5.71. The molecule has 164 valence electrons. The van der Waals surface area contributed by atoms with Crippen LogP contribution in [0.1, 0.15) is 44.7 Å². The fourth-order valence-electron chi connectivity index (χ4n) is 4.27. The summed E-state index contributed by atoms with van der Waals surface area (Å²) < 4.78 is 6.10. The molecule has 0 radical (unpaired) electrons. The molecule has 0 saturated heterocycles. The zero-order chi connectivity index (χ0) is 21.4. The van der Waals surface area contributed by atoms with Gasteiger partial charge in [0.05, 0.1) is 11.8 Å². The Morgan fingerprint density at radius 2 is 2.00 bits per heavy atom. The van der Waals surface area contributed by atoms with Gasteiger partial charge in [-0.1, -0.05) is 18.5 Å². The largest absolute Gasteiger partial charge is 0.454 e. The average molecular weight is 442 g/mol. The molecule has 2 fully saturated rings. The molecule has 2 aliphatic carbocycles. The minimum atomic E-state index is 0.222. The van der Waals surface area contributed by atoms with Crippen LogP contribution in [0.4, 0.5) is 11.8 Å². The first-order valence-electron chi connectivity index (χ1n) is 11.2. The van der Waals surface area contributed by atoms with E-state index < -0.39 is 0 Å². The molecule has 3 aromatic rings. The number of fused-ring (bicyclic) bond motifs is 1. The smallest absolute Gasteiger partial charge is 0.226 e. The molecule has 3 N–H and O–H groups in total. The number of rotatable bonds is 8. The maximum atomic E-state index is 9.52. The molecule has 0 aliphatic heterocycles. The van der Waals surface area contributed by atoms with Crippen molar-refractivity contribution in [3.63, 3.8) is 0 Å². The number of aryl methyl sites for hydroxylation is 1. The van der Waals surface area contributed by atoms with Crippen LogP contribution in [0.25, 0.3) is 22.3 Å². The van der Waals surface area contributed by atoms with Crippen molar-refractivity contribution in [3.8, 4) is 11.3 Å². The standard InChI is InChI=1S/C23H28ClN5O2/c1-2-16-8-15-9-18(31-19(15)11-25-16)20-21(24)28-23(26-10-13-3-4-13)29-22(20)27-17-6-5-14(7-17)12-30/h8-9,11,13-14,17,30H,2-7,10,12H2,1H3,(H2,26,27,28,29)/t14-,17+/m1/s1. The number of hydrogen-bond donors (Lipinski definition) is 3. The molecule has 7 nitrogen and oxygen atoms in total.